The highest BCUT2D eigenvalue weighted by molar-refractivity contribution is 7.80. The lowest BCUT2D eigenvalue weighted by atomic mass is 9.60. The summed E-state index contributed by atoms with van der Waals surface area (Å²) in [6, 6.07) is 5.73. The Morgan fingerprint density at radius 1 is 1.34 bits per heavy atom. The SMILES string of the molecule is COc1ccc2c(c1)CC1(CCN(C(=O)OC(C)(C)C)C1)C1C(=O)NC(=S)NC21. The number of nitrogens with zero attached hydrogens (tertiary/aromatic N) is 1. The van der Waals surface area contributed by atoms with Crippen molar-refractivity contribution in [3.63, 3.8) is 0 Å². The van der Waals surface area contributed by atoms with Gasteiger partial charge in [-0.05, 0) is 69.1 Å². The van der Waals surface area contributed by atoms with Gasteiger partial charge in [0.05, 0.1) is 19.1 Å². The lowest BCUT2D eigenvalue weighted by Gasteiger charge is -2.48. The van der Waals surface area contributed by atoms with Gasteiger partial charge in [-0.25, -0.2) is 4.79 Å². The van der Waals surface area contributed by atoms with E-state index in [9.17, 15) is 9.59 Å². The molecule has 3 unspecified atom stereocenters. The van der Waals surface area contributed by atoms with Crippen molar-refractivity contribution in [3.8, 4) is 5.75 Å². The Bertz CT molecular complexity index is 881. The van der Waals surface area contributed by atoms with Gasteiger partial charge in [0, 0.05) is 18.5 Å². The molecule has 1 aromatic rings. The maximum Gasteiger partial charge on any atom is 0.410 e. The van der Waals surface area contributed by atoms with Gasteiger partial charge in [-0.1, -0.05) is 6.07 Å². The Morgan fingerprint density at radius 2 is 2.10 bits per heavy atom. The van der Waals surface area contributed by atoms with E-state index in [2.05, 4.69) is 10.6 Å². The number of likely N-dealkylation sites (tertiary alicyclic amines) is 1. The number of benzene rings is 1. The summed E-state index contributed by atoms with van der Waals surface area (Å²) < 4.78 is 11.0. The number of nitrogens with one attached hydrogen (secondary N) is 2. The number of ether oxygens (including phenoxy) is 2. The van der Waals surface area contributed by atoms with E-state index in [1.165, 1.54) is 0 Å². The number of rotatable bonds is 1. The van der Waals surface area contributed by atoms with Crippen LogP contribution in [0, 0.1) is 11.3 Å². The van der Waals surface area contributed by atoms with Crippen LogP contribution in [0.3, 0.4) is 0 Å². The van der Waals surface area contributed by atoms with Crippen molar-refractivity contribution in [2.24, 2.45) is 11.3 Å². The van der Waals surface area contributed by atoms with E-state index in [0.717, 1.165) is 23.3 Å². The zero-order chi connectivity index (χ0) is 21.0. The Hall–Kier alpha value is -2.35. The summed E-state index contributed by atoms with van der Waals surface area (Å²) in [6.45, 7) is 6.61. The molecule has 156 valence electrons. The minimum atomic E-state index is -0.558. The summed E-state index contributed by atoms with van der Waals surface area (Å²) in [7, 11) is 1.64. The maximum atomic E-state index is 13.0. The molecule has 2 amide bonds. The molecule has 2 N–H and O–H groups in total. The molecule has 0 bridgehead atoms. The molecule has 1 aromatic carbocycles. The second-order valence-corrected chi connectivity index (χ2v) is 9.58. The molecule has 4 rings (SSSR count). The van der Waals surface area contributed by atoms with Crippen LogP contribution in [0.2, 0.25) is 0 Å². The third kappa shape index (κ3) is 3.54. The molecule has 29 heavy (non-hydrogen) atoms. The smallest absolute Gasteiger partial charge is 0.410 e. The van der Waals surface area contributed by atoms with E-state index >= 15 is 0 Å². The number of fused-ring (bicyclic) bond motifs is 4. The summed E-state index contributed by atoms with van der Waals surface area (Å²) >= 11 is 5.26. The molecule has 2 saturated heterocycles. The van der Waals surface area contributed by atoms with E-state index in [4.69, 9.17) is 21.7 Å². The number of carbonyl (C=O) groups is 2. The molecule has 2 aliphatic heterocycles. The summed E-state index contributed by atoms with van der Waals surface area (Å²) in [5.41, 5.74) is 1.25. The summed E-state index contributed by atoms with van der Waals surface area (Å²) in [5, 5.41) is 6.43. The van der Waals surface area contributed by atoms with Gasteiger partial charge in [0.2, 0.25) is 5.91 Å². The van der Waals surface area contributed by atoms with E-state index in [0.29, 0.717) is 24.6 Å². The number of thiocarbonyl (C=S) groups is 1. The van der Waals surface area contributed by atoms with Crippen molar-refractivity contribution in [2.45, 2.75) is 45.3 Å². The lowest BCUT2D eigenvalue weighted by molar-refractivity contribution is -0.131. The molecule has 0 radical (unpaired) electrons. The molecular formula is C21H27N3O4S. The molecule has 1 spiro atoms. The van der Waals surface area contributed by atoms with E-state index in [1.807, 2.05) is 39.0 Å². The molecule has 2 heterocycles. The first-order chi connectivity index (χ1) is 13.6. The van der Waals surface area contributed by atoms with Gasteiger partial charge in [-0.15, -0.1) is 0 Å². The highest BCUT2D eigenvalue weighted by atomic mass is 32.1. The molecule has 2 fully saturated rings. The normalized spacial score (nSPS) is 28.3. The molecule has 0 aromatic heterocycles. The fourth-order valence-electron chi connectivity index (χ4n) is 4.92. The predicted molar refractivity (Wildman–Crippen MR) is 112 cm³/mol. The van der Waals surface area contributed by atoms with Crippen molar-refractivity contribution in [1.82, 2.24) is 15.5 Å². The standard InChI is InChI=1S/C21H27N3O4S/c1-20(2,3)28-19(26)24-8-7-21(11-24)10-12-9-13(27-4)5-6-14(12)16-15(21)17(25)23-18(29)22-16/h5-6,9,15-16H,7-8,10-11H2,1-4H3,(H2,22,23,25,29). The first-order valence-corrected chi connectivity index (χ1v) is 10.3. The van der Waals surface area contributed by atoms with Gasteiger partial charge in [0.15, 0.2) is 5.11 Å². The van der Waals surface area contributed by atoms with Gasteiger partial charge in [0.25, 0.3) is 0 Å². The third-order valence-electron chi connectivity index (χ3n) is 6.06. The zero-order valence-electron chi connectivity index (χ0n) is 17.2. The second kappa shape index (κ2) is 6.86. The monoisotopic (exact) mass is 417 g/mol. The minimum Gasteiger partial charge on any atom is -0.497 e. The maximum absolute atomic E-state index is 13.0. The van der Waals surface area contributed by atoms with Crippen LogP contribution in [-0.4, -0.2) is 47.8 Å². The van der Waals surface area contributed by atoms with Crippen LogP contribution in [0.4, 0.5) is 4.79 Å². The van der Waals surface area contributed by atoms with Crippen molar-refractivity contribution in [3.05, 3.63) is 29.3 Å². The number of methoxy groups -OCH3 is 1. The number of hydrogen-bond acceptors (Lipinski definition) is 5. The fourth-order valence-corrected chi connectivity index (χ4v) is 5.15. The van der Waals surface area contributed by atoms with Gasteiger partial charge in [0.1, 0.15) is 11.4 Å². The zero-order valence-corrected chi connectivity index (χ0v) is 18.0. The van der Waals surface area contributed by atoms with Gasteiger partial charge in [-0.2, -0.15) is 0 Å². The number of carbonyl (C=O) groups excluding carboxylic acids is 2. The summed E-state index contributed by atoms with van der Waals surface area (Å²) in [5.74, 6) is 0.385. The highest BCUT2D eigenvalue weighted by Crippen LogP contribution is 2.52. The van der Waals surface area contributed by atoms with Crippen molar-refractivity contribution >= 4 is 29.3 Å². The van der Waals surface area contributed by atoms with E-state index < -0.39 is 5.60 Å². The Labute approximate surface area is 176 Å². The van der Waals surface area contributed by atoms with Crippen LogP contribution < -0.4 is 15.4 Å². The highest BCUT2D eigenvalue weighted by Gasteiger charge is 2.57. The lowest BCUT2D eigenvalue weighted by Crippen LogP contribution is -2.61. The quantitative estimate of drug-likeness (QED) is 0.684. The van der Waals surface area contributed by atoms with Crippen LogP contribution in [0.5, 0.6) is 5.75 Å². The average molecular weight is 418 g/mol. The average Bonchev–Trinajstić information content (AvgIpc) is 3.03. The van der Waals surface area contributed by atoms with Crippen LogP contribution in [0.1, 0.15) is 44.4 Å². The van der Waals surface area contributed by atoms with Gasteiger partial charge >= 0.3 is 6.09 Å². The summed E-state index contributed by atoms with van der Waals surface area (Å²) in [4.78, 5) is 27.4. The second-order valence-electron chi connectivity index (χ2n) is 9.17. The topological polar surface area (TPSA) is 79.9 Å². The molecular weight excluding hydrogens is 390 g/mol. The summed E-state index contributed by atoms with van der Waals surface area (Å²) in [6.07, 6.45) is 1.09. The Morgan fingerprint density at radius 3 is 2.79 bits per heavy atom. The molecule has 3 aliphatic rings. The number of amides is 2. The minimum absolute atomic E-state index is 0.0775. The molecule has 1 aliphatic carbocycles. The number of hydrogen-bond donors (Lipinski definition) is 2. The van der Waals surface area contributed by atoms with Gasteiger partial charge < -0.3 is 25.0 Å². The largest absolute Gasteiger partial charge is 0.497 e. The van der Waals surface area contributed by atoms with E-state index in [1.54, 1.807) is 12.0 Å². The van der Waals surface area contributed by atoms with E-state index in [-0.39, 0.29) is 29.4 Å². The van der Waals surface area contributed by atoms with Crippen LogP contribution in [0.15, 0.2) is 18.2 Å². The van der Waals surface area contributed by atoms with Crippen molar-refractivity contribution in [2.75, 3.05) is 20.2 Å². The van der Waals surface area contributed by atoms with Gasteiger partial charge in [-0.3, -0.25) is 4.79 Å². The molecule has 8 heteroatoms. The van der Waals surface area contributed by atoms with Crippen LogP contribution in [-0.2, 0) is 16.0 Å². The Balaban J connectivity index is 1.70. The fraction of sp³-hybridized carbons (Fsp3) is 0.571. The Kier molecular flexibility index (Phi) is 4.72. The third-order valence-corrected chi connectivity index (χ3v) is 6.28. The molecule has 3 atom stereocenters. The molecule has 0 saturated carbocycles. The van der Waals surface area contributed by atoms with Crippen molar-refractivity contribution in [1.29, 1.82) is 0 Å². The van der Waals surface area contributed by atoms with Crippen LogP contribution in [0.25, 0.3) is 0 Å². The van der Waals surface area contributed by atoms with Crippen LogP contribution >= 0.6 is 12.2 Å². The predicted octanol–water partition coefficient (Wildman–Crippen LogP) is 2.54. The molecule has 7 nitrogen and oxygen atoms in total. The first-order valence-electron chi connectivity index (χ1n) is 9.88. The first kappa shape index (κ1) is 19.9. The van der Waals surface area contributed by atoms with Crippen molar-refractivity contribution < 1.29 is 19.1 Å².